The molecule has 0 N–H and O–H groups in total. The molecule has 6 aromatic carbocycles. The number of fused-ring (bicyclic) bond motifs is 6. The monoisotopic (exact) mass is 550 g/mol. The van der Waals surface area contributed by atoms with E-state index in [4.69, 9.17) is 10.1 Å². The van der Waals surface area contributed by atoms with E-state index in [2.05, 4.69) is 132 Å². The Hall–Kier alpha value is -5.74. The molecule has 0 bridgehead atoms. The first-order valence-corrected chi connectivity index (χ1v) is 14.6. The van der Waals surface area contributed by atoms with Crippen LogP contribution in [0, 0.1) is 0 Å². The minimum absolute atomic E-state index is 0.707. The lowest BCUT2D eigenvalue weighted by atomic mass is 10.1. The van der Waals surface area contributed by atoms with Gasteiger partial charge in [0.05, 0.1) is 16.7 Å². The van der Waals surface area contributed by atoms with E-state index < -0.39 is 0 Å². The van der Waals surface area contributed by atoms with Gasteiger partial charge in [0.2, 0.25) is 0 Å². The van der Waals surface area contributed by atoms with Crippen LogP contribution in [0.4, 0.5) is 0 Å². The Bertz CT molecular complexity index is 2270. The van der Waals surface area contributed by atoms with Crippen LogP contribution in [-0.2, 0) is 6.42 Å². The largest absolute Gasteiger partial charge is 0.309 e. The number of nitrogens with zero attached hydrogens (tertiary/aromatic N) is 4. The van der Waals surface area contributed by atoms with Crippen molar-refractivity contribution in [3.63, 3.8) is 0 Å². The highest BCUT2D eigenvalue weighted by molar-refractivity contribution is 6.09. The average molecular weight is 551 g/mol. The Balaban J connectivity index is 1.25. The van der Waals surface area contributed by atoms with E-state index >= 15 is 0 Å². The van der Waals surface area contributed by atoms with E-state index in [1.165, 1.54) is 44.1 Å². The molecule has 1 aliphatic rings. The van der Waals surface area contributed by atoms with E-state index in [1.54, 1.807) is 0 Å². The quantitative estimate of drug-likeness (QED) is 0.219. The Kier molecular flexibility index (Phi) is 5.23. The fraction of sp³-hybridized carbons (Fsp3) is 0.0256. The molecular weight excluding hydrogens is 524 g/mol. The Morgan fingerprint density at radius 3 is 1.98 bits per heavy atom. The highest BCUT2D eigenvalue weighted by Crippen LogP contribution is 2.39. The molecule has 0 amide bonds. The van der Waals surface area contributed by atoms with E-state index in [0.717, 1.165) is 34.7 Å². The van der Waals surface area contributed by atoms with Gasteiger partial charge in [-0.3, -0.25) is 0 Å². The minimum Gasteiger partial charge on any atom is -0.309 e. The van der Waals surface area contributed by atoms with Crippen LogP contribution in [0.15, 0.2) is 146 Å². The van der Waals surface area contributed by atoms with Crippen molar-refractivity contribution in [3.8, 4) is 45.3 Å². The predicted octanol–water partition coefficient (Wildman–Crippen LogP) is 9.27. The first kappa shape index (κ1) is 23.9. The summed E-state index contributed by atoms with van der Waals surface area (Å²) in [7, 11) is 0. The van der Waals surface area contributed by atoms with Gasteiger partial charge in [0.1, 0.15) is 0 Å². The van der Waals surface area contributed by atoms with Crippen molar-refractivity contribution < 1.29 is 0 Å². The Morgan fingerprint density at radius 2 is 1.16 bits per heavy atom. The number of rotatable bonds is 4. The van der Waals surface area contributed by atoms with Crippen LogP contribution in [0.5, 0.6) is 0 Å². The summed E-state index contributed by atoms with van der Waals surface area (Å²) in [5, 5.41) is 7.59. The zero-order chi connectivity index (χ0) is 28.3. The summed E-state index contributed by atoms with van der Waals surface area (Å²) in [5.41, 5.74) is 11.8. The molecule has 43 heavy (non-hydrogen) atoms. The van der Waals surface area contributed by atoms with Crippen LogP contribution in [0.3, 0.4) is 0 Å². The van der Waals surface area contributed by atoms with Crippen LogP contribution >= 0.6 is 0 Å². The van der Waals surface area contributed by atoms with Crippen molar-refractivity contribution in [2.24, 2.45) is 0 Å². The topological polar surface area (TPSA) is 35.6 Å². The molecule has 9 rings (SSSR count). The first-order chi connectivity index (χ1) is 21.3. The maximum Gasteiger partial charge on any atom is 0.182 e. The van der Waals surface area contributed by atoms with E-state index in [0.29, 0.717) is 5.82 Å². The molecule has 0 saturated carbocycles. The number of hydrogen-bond acceptors (Lipinski definition) is 2. The smallest absolute Gasteiger partial charge is 0.182 e. The zero-order valence-corrected chi connectivity index (χ0v) is 23.4. The molecular formula is C39H26N4. The zero-order valence-electron chi connectivity index (χ0n) is 23.4. The third-order valence-electron chi connectivity index (χ3n) is 8.61. The lowest BCUT2D eigenvalue weighted by Gasteiger charge is -2.12. The number of benzene rings is 6. The lowest BCUT2D eigenvalue weighted by Crippen LogP contribution is -2.01. The Labute approximate surface area is 249 Å². The molecule has 0 fully saturated rings. The van der Waals surface area contributed by atoms with Gasteiger partial charge >= 0.3 is 0 Å². The van der Waals surface area contributed by atoms with Crippen molar-refractivity contribution in [2.45, 2.75) is 6.42 Å². The molecule has 0 atom stereocenters. The molecule has 202 valence electrons. The van der Waals surface area contributed by atoms with E-state index in [1.807, 2.05) is 22.9 Å². The summed E-state index contributed by atoms with van der Waals surface area (Å²) in [6.07, 6.45) is 0.964. The summed E-state index contributed by atoms with van der Waals surface area (Å²) >= 11 is 0. The van der Waals surface area contributed by atoms with E-state index in [9.17, 15) is 0 Å². The highest BCUT2D eigenvalue weighted by atomic mass is 15.4. The van der Waals surface area contributed by atoms with Gasteiger partial charge in [-0.05, 0) is 65.1 Å². The second kappa shape index (κ2) is 9.40. The van der Waals surface area contributed by atoms with Crippen LogP contribution in [0.1, 0.15) is 11.1 Å². The summed E-state index contributed by atoms with van der Waals surface area (Å²) in [6.45, 7) is 0. The van der Waals surface area contributed by atoms with Gasteiger partial charge in [-0.2, -0.15) is 0 Å². The minimum atomic E-state index is 0.707. The maximum atomic E-state index is 5.15. The van der Waals surface area contributed by atoms with E-state index in [-0.39, 0.29) is 0 Å². The van der Waals surface area contributed by atoms with Crippen molar-refractivity contribution in [1.82, 2.24) is 19.3 Å². The van der Waals surface area contributed by atoms with Crippen molar-refractivity contribution >= 4 is 21.8 Å². The Morgan fingerprint density at radius 1 is 0.488 bits per heavy atom. The molecule has 4 nitrogen and oxygen atoms in total. The number of para-hydroxylation sites is 2. The molecule has 0 unspecified atom stereocenters. The van der Waals surface area contributed by atoms with Crippen molar-refractivity contribution in [2.75, 3.05) is 0 Å². The highest BCUT2D eigenvalue weighted by Gasteiger charge is 2.21. The third-order valence-corrected chi connectivity index (χ3v) is 8.61. The first-order valence-electron chi connectivity index (χ1n) is 14.6. The second-order valence-corrected chi connectivity index (χ2v) is 11.1. The second-order valence-electron chi connectivity index (χ2n) is 11.1. The van der Waals surface area contributed by atoms with Crippen LogP contribution < -0.4 is 0 Å². The standard InChI is InChI=1S/C39H26N4/c1-2-11-26(12-3-1)38-40-39(43(41-38)31-22-21-28-23-27-13-4-5-16-32(27)35(28)25-31)29-14-10-15-30(24-29)42-36-19-8-6-17-33(36)34-18-7-9-20-37(34)42/h1-22,24-25H,23H2. The molecule has 0 spiro atoms. The van der Waals surface area contributed by atoms with Crippen molar-refractivity contribution in [1.29, 1.82) is 0 Å². The molecule has 2 aromatic heterocycles. The SMILES string of the molecule is c1ccc(-c2nc(-c3cccc(-n4c5ccccc5c5ccccc54)c3)n(-c3ccc4c(c3)-c3ccccc3C4)n2)cc1. The van der Waals surface area contributed by atoms with Gasteiger partial charge < -0.3 is 4.57 Å². The fourth-order valence-corrected chi connectivity index (χ4v) is 6.62. The molecule has 4 heteroatoms. The average Bonchev–Trinajstić information content (AvgIpc) is 3.77. The molecule has 0 radical (unpaired) electrons. The van der Waals surface area contributed by atoms with Gasteiger partial charge in [-0.15, -0.1) is 5.10 Å². The van der Waals surface area contributed by atoms with Crippen LogP contribution in [-0.4, -0.2) is 19.3 Å². The molecule has 0 saturated heterocycles. The van der Waals surface area contributed by atoms with Gasteiger partial charge in [0.25, 0.3) is 0 Å². The lowest BCUT2D eigenvalue weighted by molar-refractivity contribution is 0.890. The van der Waals surface area contributed by atoms with Gasteiger partial charge in [-0.25, -0.2) is 9.67 Å². The summed E-state index contributed by atoms with van der Waals surface area (Å²) < 4.78 is 4.36. The predicted molar refractivity (Wildman–Crippen MR) is 175 cm³/mol. The fourth-order valence-electron chi connectivity index (χ4n) is 6.62. The molecule has 8 aromatic rings. The number of aromatic nitrogens is 4. The molecule has 2 heterocycles. The van der Waals surface area contributed by atoms with Gasteiger partial charge in [0, 0.05) is 27.6 Å². The number of hydrogen-bond donors (Lipinski definition) is 0. The maximum absolute atomic E-state index is 5.15. The summed E-state index contributed by atoms with van der Waals surface area (Å²) in [4.78, 5) is 5.15. The van der Waals surface area contributed by atoms with Crippen molar-refractivity contribution in [3.05, 3.63) is 157 Å². The summed E-state index contributed by atoms with van der Waals surface area (Å²) in [5.74, 6) is 1.52. The molecule has 1 aliphatic carbocycles. The van der Waals surface area contributed by atoms with Crippen LogP contribution in [0.2, 0.25) is 0 Å². The summed E-state index contributed by atoms with van der Waals surface area (Å²) in [6, 6.07) is 51.5. The normalized spacial score (nSPS) is 12.1. The third kappa shape index (κ3) is 3.77. The van der Waals surface area contributed by atoms with Gasteiger partial charge in [-0.1, -0.05) is 109 Å². The van der Waals surface area contributed by atoms with Crippen LogP contribution in [0.25, 0.3) is 67.1 Å². The molecule has 0 aliphatic heterocycles. The van der Waals surface area contributed by atoms with Gasteiger partial charge in [0.15, 0.2) is 11.6 Å².